The molecule has 5 rings (SSSR count). The molecule has 528 valence electrons. The number of hydrogen-bond donors (Lipinski definition) is 4. The minimum atomic E-state index is -4.81. The summed E-state index contributed by atoms with van der Waals surface area (Å²) >= 11 is 0. The van der Waals surface area contributed by atoms with E-state index in [1.165, 1.54) is 57.0 Å². The van der Waals surface area contributed by atoms with Crippen molar-refractivity contribution >= 4 is 65.0 Å². The van der Waals surface area contributed by atoms with Gasteiger partial charge in [-0.1, -0.05) is 92.9 Å². The van der Waals surface area contributed by atoms with E-state index in [0.717, 1.165) is 46.8 Å². The maximum absolute atomic E-state index is 15.9. The Hall–Kier alpha value is -6.25. The SMILES string of the molecule is CC[C@H](C)[C@@H]1NC(=O)[C@H](CC(C)C)N(C)C(=O)C[C@@H](C)NC(=O)[C@H](CC(C)C)N(C)C(=O)C2(CCCC2)NC(=O)[C@@H]2CC(F)(F)CN2C(=O)[C@H](CCC2CCC(C(F)(F)F)C(F)C2)NC(=O)CN(C)C(=O)[C@H](CC2CCCCC2)N(C)C(=O)CN(C)C(=O)CN(C)C1=O. The summed E-state index contributed by atoms with van der Waals surface area (Å²) in [5, 5.41) is 10.9. The molecule has 2 aliphatic heterocycles. The van der Waals surface area contributed by atoms with Crippen LogP contribution in [-0.4, -0.2) is 234 Å². The van der Waals surface area contributed by atoms with E-state index in [1.54, 1.807) is 13.8 Å². The molecular weight excluding hydrogens is 1220 g/mol. The number of carbonyl (C=O) groups excluding carboxylic acids is 11. The molecule has 0 aromatic rings. The van der Waals surface area contributed by atoms with Crippen molar-refractivity contribution < 1.29 is 79.1 Å². The molecule has 2 saturated heterocycles. The number of nitrogens with one attached hydrogen (secondary N) is 4. The Morgan fingerprint density at radius 1 is 0.591 bits per heavy atom. The van der Waals surface area contributed by atoms with Crippen LogP contribution in [0.4, 0.5) is 26.3 Å². The van der Waals surface area contributed by atoms with Crippen LogP contribution in [0.25, 0.3) is 0 Å². The Labute approximate surface area is 544 Å². The summed E-state index contributed by atoms with van der Waals surface area (Å²) < 4.78 is 88.3. The number of likely N-dealkylation sites (N-methyl/N-ethyl adjacent to an activating group) is 6. The lowest BCUT2D eigenvalue weighted by molar-refractivity contribution is -0.201. The summed E-state index contributed by atoms with van der Waals surface area (Å²) in [6.45, 7) is 9.28. The molecule has 5 fully saturated rings. The van der Waals surface area contributed by atoms with Gasteiger partial charge in [0.15, 0.2) is 0 Å². The average Bonchev–Trinajstić information content (AvgIpc) is 1.68. The largest absolute Gasteiger partial charge is 0.394 e. The highest BCUT2D eigenvalue weighted by Crippen LogP contribution is 2.43. The lowest BCUT2D eigenvalue weighted by atomic mass is 9.78. The molecule has 1 spiro atoms. The lowest BCUT2D eigenvalue weighted by Crippen LogP contribution is -2.64. The van der Waals surface area contributed by atoms with Gasteiger partial charge >= 0.3 is 6.18 Å². The number of halogens is 6. The molecule has 22 nitrogen and oxygen atoms in total. The summed E-state index contributed by atoms with van der Waals surface area (Å²) in [6.07, 6.45) is -4.66. The van der Waals surface area contributed by atoms with Crippen molar-refractivity contribution in [2.24, 2.45) is 35.5 Å². The molecule has 5 aliphatic rings. The molecule has 11 atom stereocenters. The molecule has 3 aliphatic carbocycles. The van der Waals surface area contributed by atoms with Gasteiger partial charge in [0.2, 0.25) is 65.0 Å². The fourth-order valence-corrected chi connectivity index (χ4v) is 14.0. The zero-order valence-electron chi connectivity index (χ0n) is 56.9. The van der Waals surface area contributed by atoms with E-state index in [1.807, 2.05) is 34.6 Å². The third kappa shape index (κ3) is 20.9. The molecule has 3 unspecified atom stereocenters. The van der Waals surface area contributed by atoms with Crippen LogP contribution in [0.5, 0.6) is 0 Å². The van der Waals surface area contributed by atoms with Crippen molar-refractivity contribution in [2.75, 3.05) is 68.5 Å². The van der Waals surface area contributed by atoms with Crippen molar-refractivity contribution in [3.8, 4) is 0 Å². The number of alkyl halides is 6. The maximum Gasteiger partial charge on any atom is 0.394 e. The maximum atomic E-state index is 15.9. The standard InChI is InChI=1S/C65H105F6N11O11/c1-14-40(6)55-61(92)78(10)35-53(85)76(8)36-54(86)80(12)49(32-42-20-16-15-17-21-42)60(91)77(9)34-51(83)73-46(25-23-43-22-24-44(45(66)31-43)65(69,70)71)59(90)82-37-64(67,68)33-50(82)58(89)75-63(26-18-19-27-63)62(93)81(13)48(29-39(4)5)56(87)72-41(7)30-52(84)79(11)47(28-38(2)3)57(88)74-55/h38-50,55H,14-37H2,1-13H3,(H,72,87)(H,73,83)(H,74,88)(H,75,89)/t40-,41+,43?,44?,45?,46-,47-,48-,49-,50-,55-/m0/s1. The number of hydrogen-bond acceptors (Lipinski definition) is 11. The fraction of sp³-hybridized carbons (Fsp3) is 0.831. The number of carbonyl (C=O) groups is 11. The van der Waals surface area contributed by atoms with Crippen LogP contribution < -0.4 is 21.3 Å². The fourth-order valence-electron chi connectivity index (χ4n) is 14.0. The van der Waals surface area contributed by atoms with Crippen LogP contribution in [0, 0.1) is 35.5 Å². The summed E-state index contributed by atoms with van der Waals surface area (Å²) in [5.74, 6) is -16.1. The van der Waals surface area contributed by atoms with Crippen LogP contribution in [-0.2, 0) is 52.7 Å². The van der Waals surface area contributed by atoms with Crippen LogP contribution in [0.2, 0.25) is 0 Å². The predicted molar refractivity (Wildman–Crippen MR) is 334 cm³/mol. The van der Waals surface area contributed by atoms with Gasteiger partial charge in [0.1, 0.15) is 48.0 Å². The third-order valence-corrected chi connectivity index (χ3v) is 19.9. The van der Waals surface area contributed by atoms with E-state index in [2.05, 4.69) is 21.3 Å². The molecule has 4 N–H and O–H groups in total. The topological polar surface area (TPSA) is 259 Å². The normalized spacial score (nSPS) is 29.9. The monoisotopic (exact) mass is 1330 g/mol. The molecule has 0 aromatic carbocycles. The van der Waals surface area contributed by atoms with Crippen LogP contribution >= 0.6 is 0 Å². The smallest absolute Gasteiger partial charge is 0.351 e. The Balaban J connectivity index is 1.56. The van der Waals surface area contributed by atoms with Crippen molar-refractivity contribution in [3.63, 3.8) is 0 Å². The van der Waals surface area contributed by atoms with Gasteiger partial charge in [-0.05, 0) is 101 Å². The van der Waals surface area contributed by atoms with E-state index < -0.39 is 201 Å². The zero-order chi connectivity index (χ0) is 69.8. The molecule has 2 heterocycles. The highest BCUT2D eigenvalue weighted by Gasteiger charge is 2.55. The zero-order valence-corrected chi connectivity index (χ0v) is 56.9. The molecule has 0 radical (unpaired) electrons. The molecule has 3 saturated carbocycles. The second kappa shape index (κ2) is 33.4. The van der Waals surface area contributed by atoms with Gasteiger partial charge in [-0.2, -0.15) is 13.2 Å². The minimum Gasteiger partial charge on any atom is -0.351 e. The Bertz CT molecular complexity index is 2660. The molecule has 0 bridgehead atoms. The van der Waals surface area contributed by atoms with E-state index in [4.69, 9.17) is 0 Å². The Morgan fingerprint density at radius 2 is 1.15 bits per heavy atom. The Kier molecular flexibility index (Phi) is 27.8. The van der Waals surface area contributed by atoms with E-state index >= 15 is 18.0 Å². The quantitative estimate of drug-likeness (QED) is 0.185. The van der Waals surface area contributed by atoms with Gasteiger partial charge in [0.25, 0.3) is 5.92 Å². The van der Waals surface area contributed by atoms with Gasteiger partial charge in [-0.15, -0.1) is 0 Å². The van der Waals surface area contributed by atoms with Crippen molar-refractivity contribution in [3.05, 3.63) is 0 Å². The second-order valence-electron chi connectivity index (χ2n) is 28.5. The number of nitrogens with zero attached hydrogens (tertiary/aromatic N) is 7. The lowest BCUT2D eigenvalue weighted by Gasteiger charge is -2.39. The Morgan fingerprint density at radius 3 is 1.72 bits per heavy atom. The highest BCUT2D eigenvalue weighted by molar-refractivity contribution is 5.99. The van der Waals surface area contributed by atoms with Gasteiger partial charge in [0, 0.05) is 61.2 Å². The first-order valence-electron chi connectivity index (χ1n) is 33.4. The molecule has 28 heteroatoms. The van der Waals surface area contributed by atoms with Gasteiger partial charge in [-0.25, -0.2) is 13.2 Å². The minimum absolute atomic E-state index is 0.0135. The van der Waals surface area contributed by atoms with Gasteiger partial charge in [-0.3, -0.25) is 52.7 Å². The highest BCUT2D eigenvalue weighted by atomic mass is 19.4. The molecule has 11 amide bonds. The first-order valence-corrected chi connectivity index (χ1v) is 33.4. The predicted octanol–water partition coefficient (Wildman–Crippen LogP) is 5.59. The van der Waals surface area contributed by atoms with E-state index in [0.29, 0.717) is 24.2 Å². The van der Waals surface area contributed by atoms with Gasteiger partial charge in [0.05, 0.1) is 32.1 Å². The first-order chi connectivity index (χ1) is 43.3. The van der Waals surface area contributed by atoms with Crippen molar-refractivity contribution in [1.29, 1.82) is 0 Å². The number of fused-ring (bicyclic) bond motifs is 1. The third-order valence-electron chi connectivity index (χ3n) is 19.9. The van der Waals surface area contributed by atoms with Gasteiger partial charge < -0.3 is 55.6 Å². The molecule has 0 aromatic heterocycles. The number of amides is 11. The van der Waals surface area contributed by atoms with E-state index in [9.17, 15) is 61.1 Å². The van der Waals surface area contributed by atoms with Crippen LogP contribution in [0.3, 0.4) is 0 Å². The van der Waals surface area contributed by atoms with Crippen molar-refractivity contribution in [2.45, 2.75) is 243 Å². The first kappa shape index (κ1) is 77.5. The summed E-state index contributed by atoms with van der Waals surface area (Å²) in [7, 11) is 8.17. The summed E-state index contributed by atoms with van der Waals surface area (Å²) in [4.78, 5) is 167. The van der Waals surface area contributed by atoms with Crippen molar-refractivity contribution in [1.82, 2.24) is 55.6 Å². The number of rotatable bonds is 11. The second-order valence-corrected chi connectivity index (χ2v) is 28.5. The average molecular weight is 1330 g/mol. The van der Waals surface area contributed by atoms with Crippen LogP contribution in [0.1, 0.15) is 177 Å². The molecular formula is C65H105F6N11O11. The summed E-state index contributed by atoms with van der Waals surface area (Å²) in [6, 6.07) is -9.27. The molecule has 93 heavy (non-hydrogen) atoms. The summed E-state index contributed by atoms with van der Waals surface area (Å²) in [5.41, 5.74) is -1.76. The van der Waals surface area contributed by atoms with Crippen LogP contribution in [0.15, 0.2) is 0 Å². The van der Waals surface area contributed by atoms with E-state index in [-0.39, 0.29) is 69.1 Å².